The van der Waals surface area contributed by atoms with Crippen LogP contribution in [0, 0.1) is 17.0 Å². The number of nitrogens with one attached hydrogen (secondary N) is 1. The molecule has 18 heavy (non-hydrogen) atoms. The van der Waals surface area contributed by atoms with Crippen molar-refractivity contribution >= 4 is 22.4 Å². The van der Waals surface area contributed by atoms with E-state index in [0.717, 1.165) is 35.2 Å². The maximum absolute atomic E-state index is 10.7. The monoisotopic (exact) mass is 245 g/mol. The van der Waals surface area contributed by atoms with E-state index in [2.05, 4.69) is 17.2 Å². The topological polar surface area (TPSA) is 68.1 Å². The number of pyridine rings is 1. The second-order valence-electron chi connectivity index (χ2n) is 4.21. The van der Waals surface area contributed by atoms with E-state index in [9.17, 15) is 10.1 Å². The fraction of sp³-hybridized carbons (Fsp3) is 0.308. The van der Waals surface area contributed by atoms with Gasteiger partial charge in [-0.2, -0.15) is 0 Å². The Morgan fingerprint density at radius 2 is 2.17 bits per heavy atom. The van der Waals surface area contributed by atoms with E-state index >= 15 is 0 Å². The molecular weight excluding hydrogens is 230 g/mol. The molecule has 0 bridgehead atoms. The van der Waals surface area contributed by atoms with Crippen LogP contribution in [0.2, 0.25) is 0 Å². The average Bonchev–Trinajstić information content (AvgIpc) is 2.35. The molecule has 1 aromatic carbocycles. The molecule has 0 aliphatic carbocycles. The Kier molecular flexibility index (Phi) is 3.41. The molecule has 0 aliphatic heterocycles. The first-order valence-corrected chi connectivity index (χ1v) is 5.91. The van der Waals surface area contributed by atoms with Crippen LogP contribution in [0.25, 0.3) is 10.9 Å². The van der Waals surface area contributed by atoms with Gasteiger partial charge in [-0.1, -0.05) is 6.92 Å². The number of nitro benzene ring substituents is 1. The Morgan fingerprint density at radius 3 is 2.83 bits per heavy atom. The number of nitro groups is 1. The van der Waals surface area contributed by atoms with Crippen LogP contribution in [0.5, 0.6) is 0 Å². The SMILES string of the molecule is CCCNc1nc2ccc([N+](=O)[O-])cc2cc1C. The molecule has 0 aliphatic rings. The van der Waals surface area contributed by atoms with Gasteiger partial charge >= 0.3 is 0 Å². The van der Waals surface area contributed by atoms with E-state index < -0.39 is 4.92 Å². The van der Waals surface area contributed by atoms with E-state index in [1.807, 2.05) is 13.0 Å². The first-order valence-electron chi connectivity index (χ1n) is 5.91. The van der Waals surface area contributed by atoms with Crippen LogP contribution in [0.15, 0.2) is 24.3 Å². The number of hydrogen-bond donors (Lipinski definition) is 1. The molecule has 0 spiro atoms. The van der Waals surface area contributed by atoms with Gasteiger partial charge in [0.1, 0.15) is 5.82 Å². The molecule has 0 atom stereocenters. The Hall–Kier alpha value is -2.17. The normalized spacial score (nSPS) is 10.6. The lowest BCUT2D eigenvalue weighted by atomic mass is 10.1. The Morgan fingerprint density at radius 1 is 1.39 bits per heavy atom. The van der Waals surface area contributed by atoms with Crippen LogP contribution in [-0.4, -0.2) is 16.5 Å². The molecule has 5 heteroatoms. The summed E-state index contributed by atoms with van der Waals surface area (Å²) in [6, 6.07) is 6.64. The van der Waals surface area contributed by atoms with Crippen molar-refractivity contribution in [3.05, 3.63) is 39.9 Å². The molecular formula is C13H15N3O2. The number of aromatic nitrogens is 1. The fourth-order valence-electron chi connectivity index (χ4n) is 1.81. The number of rotatable bonds is 4. The summed E-state index contributed by atoms with van der Waals surface area (Å²) in [5.41, 5.74) is 1.86. The van der Waals surface area contributed by atoms with Gasteiger partial charge in [-0.05, 0) is 31.0 Å². The summed E-state index contributed by atoms with van der Waals surface area (Å²) < 4.78 is 0. The lowest BCUT2D eigenvalue weighted by Crippen LogP contribution is -2.04. The van der Waals surface area contributed by atoms with Crippen molar-refractivity contribution < 1.29 is 4.92 Å². The van der Waals surface area contributed by atoms with Crippen LogP contribution >= 0.6 is 0 Å². The van der Waals surface area contributed by atoms with Crippen LogP contribution < -0.4 is 5.32 Å². The van der Waals surface area contributed by atoms with Gasteiger partial charge in [0.25, 0.3) is 5.69 Å². The molecule has 0 unspecified atom stereocenters. The van der Waals surface area contributed by atoms with E-state index in [0.29, 0.717) is 0 Å². The summed E-state index contributed by atoms with van der Waals surface area (Å²) in [6.45, 7) is 4.91. The third kappa shape index (κ3) is 2.40. The minimum Gasteiger partial charge on any atom is -0.370 e. The van der Waals surface area contributed by atoms with Gasteiger partial charge < -0.3 is 5.32 Å². The predicted molar refractivity (Wildman–Crippen MR) is 71.9 cm³/mol. The second-order valence-corrected chi connectivity index (χ2v) is 4.21. The summed E-state index contributed by atoms with van der Waals surface area (Å²) in [6.07, 6.45) is 1.03. The highest BCUT2D eigenvalue weighted by Gasteiger charge is 2.08. The molecule has 5 nitrogen and oxygen atoms in total. The third-order valence-corrected chi connectivity index (χ3v) is 2.74. The number of benzene rings is 1. The highest BCUT2D eigenvalue weighted by Crippen LogP contribution is 2.23. The van der Waals surface area contributed by atoms with Gasteiger partial charge in [0.15, 0.2) is 0 Å². The molecule has 94 valence electrons. The zero-order valence-electron chi connectivity index (χ0n) is 10.4. The van der Waals surface area contributed by atoms with Gasteiger partial charge in [-0.15, -0.1) is 0 Å². The van der Waals surface area contributed by atoms with E-state index in [-0.39, 0.29) is 5.69 Å². The average molecular weight is 245 g/mol. The quantitative estimate of drug-likeness (QED) is 0.663. The summed E-state index contributed by atoms with van der Waals surface area (Å²) >= 11 is 0. The molecule has 1 heterocycles. The van der Waals surface area contributed by atoms with E-state index in [4.69, 9.17) is 0 Å². The lowest BCUT2D eigenvalue weighted by Gasteiger charge is -2.08. The molecule has 0 saturated heterocycles. The standard InChI is InChI=1S/C13H15N3O2/c1-3-6-14-13-9(2)7-10-8-11(16(17)18)4-5-12(10)15-13/h4-5,7-8H,3,6H2,1-2H3,(H,14,15). The Bertz CT molecular complexity index is 596. The molecule has 1 N–H and O–H groups in total. The van der Waals surface area contributed by atoms with Gasteiger partial charge in [-0.3, -0.25) is 10.1 Å². The van der Waals surface area contributed by atoms with Crippen molar-refractivity contribution in [1.29, 1.82) is 0 Å². The number of aryl methyl sites for hydroxylation is 1. The minimum absolute atomic E-state index is 0.0953. The van der Waals surface area contributed by atoms with Crippen LogP contribution in [0.4, 0.5) is 11.5 Å². The lowest BCUT2D eigenvalue weighted by molar-refractivity contribution is -0.384. The number of hydrogen-bond acceptors (Lipinski definition) is 4. The number of fused-ring (bicyclic) bond motifs is 1. The molecule has 0 saturated carbocycles. The van der Waals surface area contributed by atoms with Crippen molar-refractivity contribution in [3.8, 4) is 0 Å². The number of anilines is 1. The predicted octanol–water partition coefficient (Wildman–Crippen LogP) is 3.27. The zero-order chi connectivity index (χ0) is 13.1. The highest BCUT2D eigenvalue weighted by atomic mass is 16.6. The summed E-state index contributed by atoms with van der Waals surface area (Å²) in [4.78, 5) is 14.8. The Balaban J connectivity index is 2.46. The number of non-ortho nitro benzene ring substituents is 1. The summed E-state index contributed by atoms with van der Waals surface area (Å²) in [5.74, 6) is 0.846. The van der Waals surface area contributed by atoms with Gasteiger partial charge in [-0.25, -0.2) is 4.98 Å². The smallest absolute Gasteiger partial charge is 0.270 e. The summed E-state index contributed by atoms with van der Waals surface area (Å²) in [7, 11) is 0. The number of nitrogens with zero attached hydrogens (tertiary/aromatic N) is 2. The molecule has 0 amide bonds. The molecule has 1 aromatic heterocycles. The third-order valence-electron chi connectivity index (χ3n) is 2.74. The van der Waals surface area contributed by atoms with Crippen LogP contribution in [0.1, 0.15) is 18.9 Å². The highest BCUT2D eigenvalue weighted by molar-refractivity contribution is 5.83. The van der Waals surface area contributed by atoms with Gasteiger partial charge in [0.2, 0.25) is 0 Å². The zero-order valence-corrected chi connectivity index (χ0v) is 10.4. The van der Waals surface area contributed by atoms with Crippen LogP contribution in [-0.2, 0) is 0 Å². The molecule has 2 rings (SSSR count). The molecule has 2 aromatic rings. The molecule has 0 radical (unpaired) electrons. The largest absolute Gasteiger partial charge is 0.370 e. The van der Waals surface area contributed by atoms with Crippen molar-refractivity contribution in [2.24, 2.45) is 0 Å². The maximum Gasteiger partial charge on any atom is 0.270 e. The fourth-order valence-corrected chi connectivity index (χ4v) is 1.81. The van der Waals surface area contributed by atoms with Gasteiger partial charge in [0.05, 0.1) is 10.4 Å². The van der Waals surface area contributed by atoms with Crippen molar-refractivity contribution in [2.45, 2.75) is 20.3 Å². The molecule has 0 fully saturated rings. The minimum atomic E-state index is -0.391. The Labute approximate surface area is 105 Å². The van der Waals surface area contributed by atoms with Crippen molar-refractivity contribution in [3.63, 3.8) is 0 Å². The maximum atomic E-state index is 10.7. The van der Waals surface area contributed by atoms with Crippen LogP contribution in [0.3, 0.4) is 0 Å². The first-order chi connectivity index (χ1) is 8.61. The van der Waals surface area contributed by atoms with E-state index in [1.54, 1.807) is 12.1 Å². The van der Waals surface area contributed by atoms with Crippen molar-refractivity contribution in [2.75, 3.05) is 11.9 Å². The first kappa shape index (κ1) is 12.3. The van der Waals surface area contributed by atoms with Gasteiger partial charge in [0, 0.05) is 24.1 Å². The van der Waals surface area contributed by atoms with Crippen molar-refractivity contribution in [1.82, 2.24) is 4.98 Å². The second kappa shape index (κ2) is 5.00. The summed E-state index contributed by atoms with van der Waals surface area (Å²) in [5, 5.41) is 14.8. The van der Waals surface area contributed by atoms with E-state index in [1.165, 1.54) is 6.07 Å².